The maximum atomic E-state index is 8.59. The number of aliphatic hydroxyl groups excluding tert-OH is 1. The highest BCUT2D eigenvalue weighted by Gasteiger charge is 2.15. The molecule has 1 aliphatic rings. The van der Waals surface area contributed by atoms with Gasteiger partial charge >= 0.3 is 0 Å². The summed E-state index contributed by atoms with van der Waals surface area (Å²) in [4.78, 5) is 2.13. The average Bonchev–Trinajstić information content (AvgIpc) is 2.98. The van der Waals surface area contributed by atoms with Gasteiger partial charge in [-0.05, 0) is 25.0 Å². The van der Waals surface area contributed by atoms with Crippen LogP contribution in [0.1, 0.15) is 22.6 Å². The van der Waals surface area contributed by atoms with Crippen LogP contribution in [0, 0.1) is 11.8 Å². The molecule has 92 valence electrons. The van der Waals surface area contributed by atoms with Crippen LogP contribution >= 0.6 is 11.3 Å². The molecule has 1 saturated heterocycles. The summed E-state index contributed by atoms with van der Waals surface area (Å²) in [7, 11) is 0. The van der Waals surface area contributed by atoms with E-state index in [-0.39, 0.29) is 12.7 Å². The van der Waals surface area contributed by atoms with E-state index in [1.165, 1.54) is 0 Å². The van der Waals surface area contributed by atoms with Gasteiger partial charge in [0.05, 0.1) is 24.2 Å². The molecule has 0 saturated carbocycles. The minimum absolute atomic E-state index is 0.0945. The molecule has 2 heterocycles. The highest BCUT2D eigenvalue weighted by molar-refractivity contribution is 7.12. The number of aliphatic hydroxyl groups is 1. The van der Waals surface area contributed by atoms with Crippen molar-refractivity contribution in [2.45, 2.75) is 25.6 Å². The van der Waals surface area contributed by atoms with Crippen molar-refractivity contribution >= 4 is 11.3 Å². The molecule has 4 heteroatoms. The van der Waals surface area contributed by atoms with Gasteiger partial charge in [-0.15, -0.1) is 11.3 Å². The highest BCUT2D eigenvalue weighted by atomic mass is 32.1. The van der Waals surface area contributed by atoms with Crippen LogP contribution in [-0.4, -0.2) is 31.0 Å². The molecule has 0 radical (unpaired) electrons. The van der Waals surface area contributed by atoms with Crippen LogP contribution < -0.4 is 0 Å². The van der Waals surface area contributed by atoms with Crippen molar-refractivity contribution in [2.24, 2.45) is 0 Å². The van der Waals surface area contributed by atoms with Gasteiger partial charge in [0.25, 0.3) is 0 Å². The third kappa shape index (κ3) is 4.14. The second-order valence-electron chi connectivity index (χ2n) is 3.88. The number of ether oxygens (including phenoxy) is 2. The molecule has 0 aromatic carbocycles. The van der Waals surface area contributed by atoms with Gasteiger partial charge in [0, 0.05) is 11.5 Å². The fraction of sp³-hybridized carbons (Fsp3) is 0.538. The van der Waals surface area contributed by atoms with E-state index in [2.05, 4.69) is 11.8 Å². The number of hydrogen-bond acceptors (Lipinski definition) is 4. The van der Waals surface area contributed by atoms with Gasteiger partial charge in [-0.2, -0.15) is 0 Å². The van der Waals surface area contributed by atoms with E-state index in [0.29, 0.717) is 13.2 Å². The summed E-state index contributed by atoms with van der Waals surface area (Å²) < 4.78 is 11.1. The zero-order valence-corrected chi connectivity index (χ0v) is 10.5. The molecule has 1 aromatic rings. The standard InChI is InChI=1S/C13H16O3S/c14-7-1-4-12-5-6-13(17-12)10-15-9-11-3-2-8-16-11/h5-6,11,14H,2-3,7-10H2. The number of thiophene rings is 1. The Morgan fingerprint density at radius 2 is 2.47 bits per heavy atom. The summed E-state index contributed by atoms with van der Waals surface area (Å²) in [6, 6.07) is 3.97. The Kier molecular flexibility index (Phi) is 5.02. The fourth-order valence-corrected chi connectivity index (χ4v) is 2.54. The lowest BCUT2D eigenvalue weighted by molar-refractivity contribution is 0.0114. The molecule has 1 aromatic heterocycles. The maximum Gasteiger partial charge on any atom is 0.104 e. The first-order chi connectivity index (χ1) is 8.38. The Balaban J connectivity index is 1.73. The van der Waals surface area contributed by atoms with Gasteiger partial charge in [-0.1, -0.05) is 11.8 Å². The van der Waals surface area contributed by atoms with E-state index in [9.17, 15) is 0 Å². The van der Waals surface area contributed by atoms with E-state index < -0.39 is 0 Å². The lowest BCUT2D eigenvalue weighted by Gasteiger charge is -2.08. The second-order valence-corrected chi connectivity index (χ2v) is 5.04. The maximum absolute atomic E-state index is 8.59. The molecular formula is C13H16O3S. The molecular weight excluding hydrogens is 236 g/mol. The molecule has 0 bridgehead atoms. The summed E-state index contributed by atoms with van der Waals surface area (Å²) in [5, 5.41) is 8.59. The third-order valence-electron chi connectivity index (χ3n) is 2.52. The van der Waals surface area contributed by atoms with E-state index in [1.54, 1.807) is 11.3 Å². The van der Waals surface area contributed by atoms with Crippen LogP contribution in [0.4, 0.5) is 0 Å². The lowest BCUT2D eigenvalue weighted by atomic mass is 10.2. The predicted molar refractivity (Wildman–Crippen MR) is 66.9 cm³/mol. The van der Waals surface area contributed by atoms with Gasteiger partial charge in [0.1, 0.15) is 6.61 Å². The predicted octanol–water partition coefficient (Wildman–Crippen LogP) is 1.79. The van der Waals surface area contributed by atoms with Crippen LogP contribution in [0.2, 0.25) is 0 Å². The molecule has 0 amide bonds. The van der Waals surface area contributed by atoms with Crippen LogP contribution in [0.3, 0.4) is 0 Å². The summed E-state index contributed by atoms with van der Waals surface area (Å²) in [6.45, 7) is 2.07. The van der Waals surface area contributed by atoms with E-state index >= 15 is 0 Å². The van der Waals surface area contributed by atoms with Crippen molar-refractivity contribution in [3.8, 4) is 11.8 Å². The van der Waals surface area contributed by atoms with Crippen LogP contribution in [0.15, 0.2) is 12.1 Å². The van der Waals surface area contributed by atoms with Gasteiger partial charge in [0.15, 0.2) is 0 Å². The van der Waals surface area contributed by atoms with Crippen molar-refractivity contribution in [1.29, 1.82) is 0 Å². The molecule has 3 nitrogen and oxygen atoms in total. The van der Waals surface area contributed by atoms with E-state index in [4.69, 9.17) is 14.6 Å². The Labute approximate surface area is 105 Å². The van der Waals surface area contributed by atoms with E-state index in [0.717, 1.165) is 29.2 Å². The summed E-state index contributed by atoms with van der Waals surface area (Å²) in [5.41, 5.74) is 0. The fourth-order valence-electron chi connectivity index (χ4n) is 1.72. The lowest BCUT2D eigenvalue weighted by Crippen LogP contribution is -2.13. The van der Waals surface area contributed by atoms with Crippen molar-refractivity contribution in [3.05, 3.63) is 21.9 Å². The van der Waals surface area contributed by atoms with Gasteiger partial charge in [-0.25, -0.2) is 0 Å². The van der Waals surface area contributed by atoms with Gasteiger partial charge in [0.2, 0.25) is 0 Å². The average molecular weight is 252 g/mol. The number of rotatable bonds is 4. The minimum atomic E-state index is -0.0945. The summed E-state index contributed by atoms with van der Waals surface area (Å²) in [6.07, 6.45) is 2.54. The van der Waals surface area contributed by atoms with Crippen molar-refractivity contribution in [1.82, 2.24) is 0 Å². The monoisotopic (exact) mass is 252 g/mol. The molecule has 17 heavy (non-hydrogen) atoms. The smallest absolute Gasteiger partial charge is 0.104 e. The highest BCUT2D eigenvalue weighted by Crippen LogP contribution is 2.17. The molecule has 0 aliphatic carbocycles. The molecule has 1 unspecified atom stereocenters. The van der Waals surface area contributed by atoms with Gasteiger partial charge in [-0.3, -0.25) is 0 Å². The normalized spacial score (nSPS) is 19.0. The topological polar surface area (TPSA) is 38.7 Å². The van der Waals surface area contributed by atoms with Gasteiger partial charge < -0.3 is 14.6 Å². The summed E-state index contributed by atoms with van der Waals surface area (Å²) in [5.74, 6) is 5.52. The second kappa shape index (κ2) is 6.77. The minimum Gasteiger partial charge on any atom is -0.384 e. The van der Waals surface area contributed by atoms with Crippen LogP contribution in [-0.2, 0) is 16.1 Å². The van der Waals surface area contributed by atoms with Crippen LogP contribution in [0.25, 0.3) is 0 Å². The van der Waals surface area contributed by atoms with E-state index in [1.807, 2.05) is 12.1 Å². The molecule has 1 atom stereocenters. The molecule has 1 fully saturated rings. The Hall–Kier alpha value is -0.860. The Morgan fingerprint density at radius 3 is 3.24 bits per heavy atom. The quantitative estimate of drug-likeness (QED) is 0.830. The first-order valence-corrected chi connectivity index (χ1v) is 6.58. The van der Waals surface area contributed by atoms with Crippen molar-refractivity contribution in [3.63, 3.8) is 0 Å². The third-order valence-corrected chi connectivity index (χ3v) is 3.50. The first kappa shape index (κ1) is 12.6. The Bertz CT molecular complexity index is 396. The van der Waals surface area contributed by atoms with Crippen LogP contribution in [0.5, 0.6) is 0 Å². The largest absolute Gasteiger partial charge is 0.384 e. The van der Waals surface area contributed by atoms with Crippen molar-refractivity contribution < 1.29 is 14.6 Å². The van der Waals surface area contributed by atoms with Crippen molar-refractivity contribution in [2.75, 3.05) is 19.8 Å². The molecule has 2 rings (SSSR count). The zero-order chi connectivity index (χ0) is 11.9. The first-order valence-electron chi connectivity index (χ1n) is 5.76. The molecule has 0 spiro atoms. The molecule has 1 N–H and O–H groups in total. The summed E-state index contributed by atoms with van der Waals surface area (Å²) >= 11 is 1.60. The molecule has 1 aliphatic heterocycles. The SMILES string of the molecule is OCC#Cc1ccc(COCC2CCCO2)s1. The zero-order valence-electron chi connectivity index (χ0n) is 9.65. The Morgan fingerprint density at radius 1 is 1.53 bits per heavy atom. The number of hydrogen-bond donors (Lipinski definition) is 1.